The Balaban J connectivity index is 2.66. The zero-order chi connectivity index (χ0) is 15.9. The molecule has 114 valence electrons. The van der Waals surface area contributed by atoms with E-state index in [0.717, 1.165) is 5.56 Å². The maximum absolute atomic E-state index is 12.0. The van der Waals surface area contributed by atoms with Crippen molar-refractivity contribution in [2.24, 2.45) is 5.41 Å². The number of anilines is 1. The summed E-state index contributed by atoms with van der Waals surface area (Å²) in [5.41, 5.74) is 0.911. The van der Waals surface area contributed by atoms with Gasteiger partial charge >= 0.3 is 5.97 Å². The van der Waals surface area contributed by atoms with Crippen molar-refractivity contribution in [3.8, 4) is 0 Å². The average molecular weight is 310 g/mol. The first kappa shape index (κ1) is 17.2. The molecule has 0 radical (unpaired) electrons. The quantitative estimate of drug-likeness (QED) is 0.497. The summed E-state index contributed by atoms with van der Waals surface area (Å²) in [4.78, 5) is 23.2. The molecule has 0 aliphatic rings. The van der Waals surface area contributed by atoms with Gasteiger partial charge < -0.3 is 10.1 Å². The number of rotatable bonds is 6. The topological polar surface area (TPSA) is 55.4 Å². The first-order valence-corrected chi connectivity index (χ1v) is 7.25. The van der Waals surface area contributed by atoms with Crippen LogP contribution in [0.2, 0.25) is 0 Å². The average Bonchev–Trinajstić information content (AvgIpc) is 2.46. The predicted molar refractivity (Wildman–Crippen MR) is 85.2 cm³/mol. The van der Waals surface area contributed by atoms with Gasteiger partial charge in [-0.05, 0) is 44.5 Å². The molecule has 0 saturated heterocycles. The van der Waals surface area contributed by atoms with Crippen LogP contribution in [-0.4, -0.2) is 24.4 Å². The van der Waals surface area contributed by atoms with Crippen LogP contribution in [0.3, 0.4) is 0 Å². The van der Waals surface area contributed by atoms with Gasteiger partial charge in [-0.3, -0.25) is 4.79 Å². The van der Waals surface area contributed by atoms with Crippen molar-refractivity contribution in [1.82, 2.24) is 0 Å². The van der Waals surface area contributed by atoms with Crippen molar-refractivity contribution in [2.75, 3.05) is 17.8 Å². The molecule has 1 rings (SSSR count). The monoisotopic (exact) mass is 309 g/mol. The van der Waals surface area contributed by atoms with Crippen molar-refractivity contribution in [2.45, 2.75) is 20.8 Å². The lowest BCUT2D eigenvalue weighted by Gasteiger charge is -2.20. The highest BCUT2D eigenvalue weighted by atomic mass is 35.5. The lowest BCUT2D eigenvalue weighted by atomic mass is 9.95. The third-order valence-corrected chi connectivity index (χ3v) is 3.48. The largest absolute Gasteiger partial charge is 0.463 e. The molecule has 1 aromatic carbocycles. The predicted octanol–water partition coefficient (Wildman–Crippen LogP) is 3.47. The zero-order valence-corrected chi connectivity index (χ0v) is 13.2. The van der Waals surface area contributed by atoms with Crippen LogP contribution in [0.5, 0.6) is 0 Å². The fourth-order valence-corrected chi connectivity index (χ4v) is 1.51. The van der Waals surface area contributed by atoms with E-state index in [4.69, 9.17) is 16.3 Å². The zero-order valence-electron chi connectivity index (χ0n) is 12.5. The molecule has 0 atom stereocenters. The summed E-state index contributed by atoms with van der Waals surface area (Å²) in [6, 6.07) is 7.15. The van der Waals surface area contributed by atoms with Gasteiger partial charge in [0.1, 0.15) is 0 Å². The summed E-state index contributed by atoms with van der Waals surface area (Å²) in [5.74, 6) is -0.259. The van der Waals surface area contributed by atoms with Crippen LogP contribution >= 0.6 is 11.6 Å². The summed E-state index contributed by atoms with van der Waals surface area (Å²) in [6.07, 6.45) is 3.03. The molecule has 0 unspecified atom stereocenters. The highest BCUT2D eigenvalue weighted by molar-refractivity contribution is 6.20. The van der Waals surface area contributed by atoms with E-state index in [9.17, 15) is 9.59 Å². The van der Waals surface area contributed by atoms with Crippen molar-refractivity contribution >= 4 is 35.2 Å². The standard InChI is InChI=1S/C16H20ClNO3/c1-4-21-14(19)10-7-12-5-8-13(9-6-12)18-15(20)16(2,3)11-17/h5-10H,4,11H2,1-3H3,(H,18,20). The fraction of sp³-hybridized carbons (Fsp3) is 0.375. The van der Waals surface area contributed by atoms with Gasteiger partial charge in [-0.15, -0.1) is 11.6 Å². The molecule has 4 nitrogen and oxygen atoms in total. The normalized spacial score (nSPS) is 11.4. The van der Waals surface area contributed by atoms with E-state index >= 15 is 0 Å². The third kappa shape index (κ3) is 5.60. The van der Waals surface area contributed by atoms with Crippen LogP contribution in [0, 0.1) is 5.41 Å². The Kier molecular flexibility index (Phi) is 6.43. The molecule has 0 aliphatic heterocycles. The smallest absolute Gasteiger partial charge is 0.330 e. The van der Waals surface area contributed by atoms with Gasteiger partial charge in [0.05, 0.1) is 12.0 Å². The van der Waals surface area contributed by atoms with Crippen LogP contribution in [0.15, 0.2) is 30.3 Å². The molecule has 0 saturated carbocycles. The minimum atomic E-state index is -0.621. The van der Waals surface area contributed by atoms with E-state index < -0.39 is 5.41 Å². The number of esters is 1. The maximum atomic E-state index is 12.0. The number of carbonyl (C=O) groups is 2. The van der Waals surface area contributed by atoms with Crippen LogP contribution in [0.25, 0.3) is 6.08 Å². The molecule has 0 spiro atoms. The number of halogens is 1. The van der Waals surface area contributed by atoms with Gasteiger partial charge in [0.25, 0.3) is 0 Å². The van der Waals surface area contributed by atoms with Gasteiger partial charge in [0.15, 0.2) is 0 Å². The number of benzene rings is 1. The second-order valence-electron chi connectivity index (χ2n) is 5.18. The number of hydrogen-bond acceptors (Lipinski definition) is 3. The van der Waals surface area contributed by atoms with Crippen molar-refractivity contribution < 1.29 is 14.3 Å². The number of hydrogen-bond donors (Lipinski definition) is 1. The highest BCUT2D eigenvalue weighted by Gasteiger charge is 2.26. The lowest BCUT2D eigenvalue weighted by Crippen LogP contribution is -2.32. The number of nitrogens with one attached hydrogen (secondary N) is 1. The van der Waals surface area contributed by atoms with E-state index in [2.05, 4.69) is 5.32 Å². The van der Waals surface area contributed by atoms with E-state index in [-0.39, 0.29) is 17.8 Å². The second-order valence-corrected chi connectivity index (χ2v) is 5.45. The van der Waals surface area contributed by atoms with Crippen LogP contribution < -0.4 is 5.32 Å². The first-order chi connectivity index (χ1) is 9.89. The molecule has 1 aromatic rings. The summed E-state index contributed by atoms with van der Waals surface area (Å²) in [6.45, 7) is 5.67. The Hall–Kier alpha value is -1.81. The molecule has 1 N–H and O–H groups in total. The van der Waals surface area contributed by atoms with Gasteiger partial charge in [-0.1, -0.05) is 12.1 Å². The van der Waals surface area contributed by atoms with Crippen molar-refractivity contribution in [3.05, 3.63) is 35.9 Å². The van der Waals surface area contributed by atoms with Crippen molar-refractivity contribution in [1.29, 1.82) is 0 Å². The molecule has 5 heteroatoms. The molecule has 0 heterocycles. The van der Waals surface area contributed by atoms with E-state index in [1.807, 2.05) is 0 Å². The molecule has 0 bridgehead atoms. The number of carbonyl (C=O) groups excluding carboxylic acids is 2. The highest BCUT2D eigenvalue weighted by Crippen LogP contribution is 2.20. The Morgan fingerprint density at radius 3 is 2.43 bits per heavy atom. The Morgan fingerprint density at radius 2 is 1.90 bits per heavy atom. The summed E-state index contributed by atoms with van der Waals surface area (Å²) >= 11 is 5.76. The Labute approximate surface area is 130 Å². The van der Waals surface area contributed by atoms with Crippen LogP contribution in [0.1, 0.15) is 26.3 Å². The van der Waals surface area contributed by atoms with Gasteiger partial charge in [-0.25, -0.2) is 4.79 Å². The molecular weight excluding hydrogens is 290 g/mol. The number of ether oxygens (including phenoxy) is 1. The van der Waals surface area contributed by atoms with E-state index in [1.165, 1.54) is 6.08 Å². The minimum Gasteiger partial charge on any atom is -0.463 e. The SMILES string of the molecule is CCOC(=O)C=Cc1ccc(NC(=O)C(C)(C)CCl)cc1. The van der Waals surface area contributed by atoms with Gasteiger partial charge in [0.2, 0.25) is 5.91 Å². The summed E-state index contributed by atoms with van der Waals surface area (Å²) in [7, 11) is 0. The molecular formula is C16H20ClNO3. The fourth-order valence-electron chi connectivity index (χ4n) is 1.39. The Morgan fingerprint density at radius 1 is 1.29 bits per heavy atom. The molecule has 0 aromatic heterocycles. The molecule has 0 aliphatic carbocycles. The third-order valence-electron chi connectivity index (χ3n) is 2.82. The Bertz CT molecular complexity index is 521. The van der Waals surface area contributed by atoms with Gasteiger partial charge in [0, 0.05) is 17.6 Å². The molecule has 1 amide bonds. The lowest BCUT2D eigenvalue weighted by molar-refractivity contribution is -0.137. The van der Waals surface area contributed by atoms with E-state index in [1.54, 1.807) is 51.1 Å². The molecule has 0 fully saturated rings. The van der Waals surface area contributed by atoms with Crippen LogP contribution in [0.4, 0.5) is 5.69 Å². The summed E-state index contributed by atoms with van der Waals surface area (Å²) in [5, 5.41) is 2.81. The number of alkyl halides is 1. The maximum Gasteiger partial charge on any atom is 0.330 e. The van der Waals surface area contributed by atoms with Gasteiger partial charge in [-0.2, -0.15) is 0 Å². The van der Waals surface area contributed by atoms with Crippen molar-refractivity contribution in [3.63, 3.8) is 0 Å². The summed E-state index contributed by atoms with van der Waals surface area (Å²) < 4.78 is 4.79. The minimum absolute atomic E-state index is 0.132. The molecule has 21 heavy (non-hydrogen) atoms. The second kappa shape index (κ2) is 7.84. The van der Waals surface area contributed by atoms with Crippen LogP contribution in [-0.2, 0) is 14.3 Å². The number of amides is 1. The first-order valence-electron chi connectivity index (χ1n) is 6.71. The van der Waals surface area contributed by atoms with E-state index in [0.29, 0.717) is 12.3 Å².